The van der Waals surface area contributed by atoms with Gasteiger partial charge in [0.05, 0.1) is 20.4 Å². The standard InChI is InChI=1S/C40H44N2O8/c1-41-22-49-37-20-31-32-17-26(15-23-5-8-33-24(14-23)9-10-42-33)30-19-28(45)6-7-29(30)38(32)35(48-13-12-44)21-34(31)50-40(37)27-16-25(4-3-11-43)39(46)36(18-27)47-2/h5-10,14,16,18-19,21,26,37,40-46H,3-4,11-13,15,17,20,22H2,1-2H3. The van der Waals surface area contributed by atoms with Crippen LogP contribution < -0.4 is 19.5 Å². The molecule has 0 fully saturated rings. The Bertz CT molecular complexity index is 1990. The van der Waals surface area contributed by atoms with Gasteiger partial charge in [0.1, 0.15) is 30.0 Å². The van der Waals surface area contributed by atoms with Crippen LogP contribution in [0.4, 0.5) is 0 Å². The van der Waals surface area contributed by atoms with Crippen molar-refractivity contribution in [3.63, 3.8) is 0 Å². The van der Waals surface area contributed by atoms with Crippen molar-refractivity contribution < 1.29 is 39.4 Å². The first-order chi connectivity index (χ1) is 24.4. The molecule has 5 aromatic rings. The van der Waals surface area contributed by atoms with Gasteiger partial charge in [0.2, 0.25) is 0 Å². The lowest BCUT2D eigenvalue weighted by Gasteiger charge is -2.38. The van der Waals surface area contributed by atoms with Crippen molar-refractivity contribution in [2.75, 3.05) is 40.7 Å². The first-order valence-electron chi connectivity index (χ1n) is 17.2. The van der Waals surface area contributed by atoms with Crippen LogP contribution in [0.5, 0.6) is 28.7 Å². The summed E-state index contributed by atoms with van der Waals surface area (Å²) in [6, 6.07) is 19.7. The molecule has 0 spiro atoms. The highest BCUT2D eigenvalue weighted by Gasteiger charge is 2.39. The second kappa shape index (κ2) is 14.6. The molecule has 0 bridgehead atoms. The van der Waals surface area contributed by atoms with Gasteiger partial charge in [0.25, 0.3) is 0 Å². The number of methoxy groups -OCH3 is 1. The van der Waals surface area contributed by atoms with Gasteiger partial charge >= 0.3 is 0 Å². The normalized spacial score (nSPS) is 17.9. The van der Waals surface area contributed by atoms with Crippen LogP contribution in [0.15, 0.2) is 66.9 Å². The lowest BCUT2D eigenvalue weighted by atomic mass is 9.73. The molecule has 6 N–H and O–H groups in total. The van der Waals surface area contributed by atoms with Crippen molar-refractivity contribution in [1.82, 2.24) is 10.3 Å². The highest BCUT2D eigenvalue weighted by molar-refractivity contribution is 5.83. The second-order valence-corrected chi connectivity index (χ2v) is 13.1. The van der Waals surface area contributed by atoms with Gasteiger partial charge in [0.15, 0.2) is 17.6 Å². The monoisotopic (exact) mass is 680 g/mol. The van der Waals surface area contributed by atoms with Gasteiger partial charge in [-0.1, -0.05) is 12.1 Å². The minimum atomic E-state index is -0.543. The molecule has 262 valence electrons. The van der Waals surface area contributed by atoms with E-state index < -0.39 is 6.10 Å². The van der Waals surface area contributed by atoms with Gasteiger partial charge in [-0.3, -0.25) is 5.32 Å². The SMILES string of the molecule is CNCOC1Cc2c(cc(OCCO)c3c2CC(Cc2ccc4[nH]ccc4c2)c2cc(O)ccc2-3)OC1c1cc(CCCO)c(O)c(OC)c1. The van der Waals surface area contributed by atoms with Crippen LogP contribution in [0.2, 0.25) is 0 Å². The third-order valence-electron chi connectivity index (χ3n) is 9.88. The van der Waals surface area contributed by atoms with Crippen LogP contribution in [0.1, 0.15) is 51.8 Å². The number of hydrogen-bond donors (Lipinski definition) is 6. The molecule has 3 unspecified atom stereocenters. The molecule has 2 heterocycles. The van der Waals surface area contributed by atoms with Crippen molar-refractivity contribution in [3.8, 4) is 39.9 Å². The van der Waals surface area contributed by atoms with Gasteiger partial charge in [-0.15, -0.1) is 0 Å². The van der Waals surface area contributed by atoms with E-state index in [-0.39, 0.29) is 43.3 Å². The number of aromatic amines is 1. The predicted octanol–water partition coefficient (Wildman–Crippen LogP) is 5.67. The zero-order chi connectivity index (χ0) is 34.8. The minimum Gasteiger partial charge on any atom is -0.508 e. The lowest BCUT2D eigenvalue weighted by Crippen LogP contribution is -2.36. The predicted molar refractivity (Wildman–Crippen MR) is 191 cm³/mol. The van der Waals surface area contributed by atoms with Gasteiger partial charge < -0.3 is 44.4 Å². The number of nitrogens with one attached hydrogen (secondary N) is 2. The summed E-state index contributed by atoms with van der Waals surface area (Å²) in [5.41, 5.74) is 8.84. The molecule has 0 radical (unpaired) electrons. The maximum Gasteiger partial charge on any atom is 0.161 e. The van der Waals surface area contributed by atoms with Crippen LogP contribution in [-0.2, 0) is 30.4 Å². The zero-order valence-corrected chi connectivity index (χ0v) is 28.4. The molecule has 1 aromatic heterocycles. The van der Waals surface area contributed by atoms with Crippen LogP contribution in [0.3, 0.4) is 0 Å². The minimum absolute atomic E-state index is 0.000608. The summed E-state index contributed by atoms with van der Waals surface area (Å²) < 4.78 is 25.1. The Morgan fingerprint density at radius 1 is 0.940 bits per heavy atom. The van der Waals surface area contributed by atoms with Crippen LogP contribution >= 0.6 is 0 Å². The number of H-pyrrole nitrogens is 1. The van der Waals surface area contributed by atoms with Gasteiger partial charge in [-0.2, -0.15) is 0 Å². The summed E-state index contributed by atoms with van der Waals surface area (Å²) in [5, 5.41) is 45.1. The Morgan fingerprint density at radius 2 is 1.82 bits per heavy atom. The number of ether oxygens (including phenoxy) is 4. The number of fused-ring (bicyclic) bond motifs is 6. The molecule has 4 aromatic carbocycles. The maximum atomic E-state index is 10.9. The summed E-state index contributed by atoms with van der Waals surface area (Å²) >= 11 is 0. The number of rotatable bonds is 13. The molecule has 7 rings (SSSR count). The number of aromatic hydroxyl groups is 2. The molecule has 2 aliphatic rings. The van der Waals surface area contributed by atoms with E-state index in [4.69, 9.17) is 18.9 Å². The van der Waals surface area contributed by atoms with Gasteiger partial charge in [-0.05, 0) is 120 Å². The van der Waals surface area contributed by atoms with E-state index in [1.165, 1.54) is 12.7 Å². The number of hydrogen-bond acceptors (Lipinski definition) is 9. The van der Waals surface area contributed by atoms with Crippen molar-refractivity contribution >= 4 is 10.9 Å². The number of benzene rings is 4. The Kier molecular flexibility index (Phi) is 9.87. The quantitative estimate of drug-likeness (QED) is 0.0867. The van der Waals surface area contributed by atoms with E-state index in [0.29, 0.717) is 55.2 Å². The van der Waals surface area contributed by atoms with Crippen molar-refractivity contribution in [2.45, 2.75) is 50.2 Å². The largest absolute Gasteiger partial charge is 0.508 e. The summed E-state index contributed by atoms with van der Waals surface area (Å²) in [4.78, 5) is 3.27. The first kappa shape index (κ1) is 33.7. The topological polar surface area (TPSA) is 146 Å². The van der Waals surface area contributed by atoms with Crippen LogP contribution in [-0.4, -0.2) is 72.2 Å². The molecular weight excluding hydrogens is 636 g/mol. The smallest absolute Gasteiger partial charge is 0.161 e. The molecule has 0 amide bonds. The molecular formula is C40H44N2O8. The maximum absolute atomic E-state index is 10.9. The Labute approximate surface area is 291 Å². The fourth-order valence-corrected chi connectivity index (χ4v) is 7.62. The van der Waals surface area contributed by atoms with Crippen molar-refractivity contribution in [1.29, 1.82) is 0 Å². The summed E-state index contributed by atoms with van der Waals surface area (Å²) in [6.45, 7) is 0.267. The summed E-state index contributed by atoms with van der Waals surface area (Å²) in [5.74, 6) is 1.92. The average Bonchev–Trinajstić information content (AvgIpc) is 3.60. The highest BCUT2D eigenvalue weighted by atomic mass is 16.6. The summed E-state index contributed by atoms with van der Waals surface area (Å²) in [6.07, 6.45) is 3.97. The molecule has 1 aliphatic heterocycles. The van der Waals surface area contributed by atoms with E-state index >= 15 is 0 Å². The average molecular weight is 681 g/mol. The highest BCUT2D eigenvalue weighted by Crippen LogP contribution is 2.53. The summed E-state index contributed by atoms with van der Waals surface area (Å²) in [7, 11) is 3.35. The Morgan fingerprint density at radius 3 is 2.62 bits per heavy atom. The second-order valence-electron chi connectivity index (χ2n) is 13.1. The Hall–Kier alpha value is -4.74. The van der Waals surface area contributed by atoms with Gasteiger partial charge in [0, 0.05) is 41.9 Å². The van der Waals surface area contributed by atoms with Gasteiger partial charge in [-0.25, -0.2) is 0 Å². The third kappa shape index (κ3) is 6.47. The van der Waals surface area contributed by atoms with E-state index in [2.05, 4.69) is 34.6 Å². The molecule has 3 atom stereocenters. The molecule has 10 nitrogen and oxygen atoms in total. The number of aliphatic hydroxyl groups is 2. The lowest BCUT2D eigenvalue weighted by molar-refractivity contribution is -0.0429. The molecule has 50 heavy (non-hydrogen) atoms. The Balaban J connectivity index is 1.35. The molecule has 1 aliphatic carbocycles. The van der Waals surface area contributed by atoms with E-state index in [0.717, 1.165) is 50.7 Å². The number of phenolic OH excluding ortho intramolecular Hbond substituents is 2. The molecule has 0 saturated carbocycles. The van der Waals surface area contributed by atoms with Crippen LogP contribution in [0, 0.1) is 0 Å². The zero-order valence-electron chi connectivity index (χ0n) is 28.4. The number of aromatic nitrogens is 1. The number of aliphatic hydroxyl groups excluding tert-OH is 2. The van der Waals surface area contributed by atoms with E-state index in [1.807, 2.05) is 37.5 Å². The first-order valence-corrected chi connectivity index (χ1v) is 17.2. The van der Waals surface area contributed by atoms with Crippen molar-refractivity contribution in [3.05, 3.63) is 100 Å². The number of aryl methyl sites for hydroxylation is 1. The number of phenols is 2. The van der Waals surface area contributed by atoms with Crippen molar-refractivity contribution in [2.24, 2.45) is 0 Å². The fraction of sp³-hybridized carbons (Fsp3) is 0.350. The third-order valence-corrected chi connectivity index (χ3v) is 9.88. The van der Waals surface area contributed by atoms with Crippen LogP contribution in [0.25, 0.3) is 22.0 Å². The van der Waals surface area contributed by atoms with E-state index in [9.17, 15) is 20.4 Å². The molecule has 0 saturated heterocycles. The van der Waals surface area contributed by atoms with E-state index in [1.54, 1.807) is 12.1 Å². The molecule has 10 heteroatoms. The fourth-order valence-electron chi connectivity index (χ4n) is 7.62.